The molecular weight excluding hydrogens is 417 g/mol. The molecule has 2 aromatic rings. The number of hydrogen-bond acceptors (Lipinski definition) is 10. The number of nitrogens with zero attached hydrogens (tertiary/aromatic N) is 4. The SMILES string of the molecule is CCC(C)(OP(=O)(O)C(C)(C)O)[C@@H]1CO[C@H]([C@H](O)CO)n2c1nc1c(N)ncnc12. The Morgan fingerprint density at radius 3 is 2.67 bits per heavy atom. The van der Waals surface area contributed by atoms with E-state index < -0.39 is 43.4 Å². The molecule has 0 amide bonds. The lowest BCUT2D eigenvalue weighted by atomic mass is 9.86. The molecule has 5 atom stereocenters. The number of nitrogen functional groups attached to an aromatic ring is 1. The highest BCUT2D eigenvalue weighted by Gasteiger charge is 2.51. The fourth-order valence-electron chi connectivity index (χ4n) is 3.38. The number of rotatable bonds is 7. The average molecular weight is 445 g/mol. The van der Waals surface area contributed by atoms with E-state index in [0.29, 0.717) is 5.82 Å². The molecular formula is C17H28N5O7P. The third-order valence-electron chi connectivity index (χ3n) is 5.51. The molecule has 30 heavy (non-hydrogen) atoms. The van der Waals surface area contributed by atoms with Gasteiger partial charge in [-0.2, -0.15) is 0 Å². The van der Waals surface area contributed by atoms with Crippen LogP contribution >= 0.6 is 7.60 Å². The summed E-state index contributed by atoms with van der Waals surface area (Å²) in [4.78, 5) is 23.0. The van der Waals surface area contributed by atoms with E-state index in [0.717, 1.165) is 0 Å². The van der Waals surface area contributed by atoms with Crippen molar-refractivity contribution < 1.29 is 34.0 Å². The molecule has 0 radical (unpaired) electrons. The number of hydrogen-bond donors (Lipinski definition) is 5. The zero-order valence-electron chi connectivity index (χ0n) is 17.3. The smallest absolute Gasteiger partial charge is 0.359 e. The van der Waals surface area contributed by atoms with E-state index in [-0.39, 0.29) is 30.0 Å². The highest BCUT2D eigenvalue weighted by atomic mass is 31.2. The number of aliphatic hydroxyl groups excluding tert-OH is 2. The van der Waals surface area contributed by atoms with E-state index in [1.807, 2.05) is 0 Å². The largest absolute Gasteiger partial charge is 0.394 e. The molecule has 2 aromatic heterocycles. The van der Waals surface area contributed by atoms with Crippen molar-refractivity contribution in [2.75, 3.05) is 18.9 Å². The number of ether oxygens (including phenoxy) is 1. The van der Waals surface area contributed by atoms with Crippen LogP contribution < -0.4 is 5.73 Å². The van der Waals surface area contributed by atoms with E-state index in [4.69, 9.17) is 15.0 Å². The van der Waals surface area contributed by atoms with Crippen LogP contribution in [0.2, 0.25) is 0 Å². The quantitative estimate of drug-likeness (QED) is 0.373. The summed E-state index contributed by atoms with van der Waals surface area (Å²) in [5.74, 6) is -0.219. The highest BCUT2D eigenvalue weighted by molar-refractivity contribution is 7.54. The lowest BCUT2D eigenvalue weighted by molar-refractivity contribution is -0.134. The van der Waals surface area contributed by atoms with Gasteiger partial charge in [0, 0.05) is 0 Å². The molecule has 0 saturated heterocycles. The van der Waals surface area contributed by atoms with Crippen LogP contribution in [0.15, 0.2) is 6.33 Å². The summed E-state index contributed by atoms with van der Waals surface area (Å²) in [6, 6.07) is 0. The Bertz CT molecular complexity index is 977. The minimum absolute atomic E-state index is 0.0332. The van der Waals surface area contributed by atoms with Crippen LogP contribution in [-0.4, -0.2) is 70.0 Å². The number of aliphatic hydroxyl groups is 3. The van der Waals surface area contributed by atoms with Crippen LogP contribution in [-0.2, 0) is 13.8 Å². The molecule has 0 aliphatic carbocycles. The molecule has 13 heteroatoms. The normalized spacial score (nSPS) is 24.8. The predicted molar refractivity (Wildman–Crippen MR) is 106 cm³/mol. The van der Waals surface area contributed by atoms with Crippen molar-refractivity contribution >= 4 is 24.6 Å². The maximum absolute atomic E-state index is 12.7. The summed E-state index contributed by atoms with van der Waals surface area (Å²) in [5, 5.41) is 27.8. The van der Waals surface area contributed by atoms with Crippen molar-refractivity contribution in [2.24, 2.45) is 0 Å². The van der Waals surface area contributed by atoms with Crippen LogP contribution in [0.5, 0.6) is 0 Å². The second kappa shape index (κ2) is 7.79. The second-order valence-corrected chi connectivity index (χ2v) is 10.4. The fraction of sp³-hybridized carbons (Fsp3) is 0.706. The molecule has 1 aliphatic heterocycles. The summed E-state index contributed by atoms with van der Waals surface area (Å²) in [7, 11) is -4.46. The van der Waals surface area contributed by atoms with Crippen molar-refractivity contribution in [3.05, 3.63) is 12.2 Å². The maximum atomic E-state index is 12.7. The number of imidazole rings is 1. The van der Waals surface area contributed by atoms with Gasteiger partial charge in [0.25, 0.3) is 0 Å². The molecule has 6 N–H and O–H groups in total. The van der Waals surface area contributed by atoms with Crippen molar-refractivity contribution in [1.29, 1.82) is 0 Å². The predicted octanol–water partition coefficient (Wildman–Crippen LogP) is 0.473. The first-order valence-corrected chi connectivity index (χ1v) is 11.1. The van der Waals surface area contributed by atoms with E-state index >= 15 is 0 Å². The van der Waals surface area contributed by atoms with Gasteiger partial charge in [0.15, 0.2) is 28.6 Å². The van der Waals surface area contributed by atoms with E-state index in [9.17, 15) is 24.8 Å². The average Bonchev–Trinajstić information content (AvgIpc) is 3.06. The minimum atomic E-state index is -4.46. The molecule has 0 saturated carbocycles. The Morgan fingerprint density at radius 2 is 2.10 bits per heavy atom. The van der Waals surface area contributed by atoms with Gasteiger partial charge in [-0.25, -0.2) is 15.0 Å². The molecule has 3 rings (SSSR count). The number of nitrogens with two attached hydrogens (primary N) is 1. The van der Waals surface area contributed by atoms with Crippen molar-refractivity contribution in [1.82, 2.24) is 19.5 Å². The Morgan fingerprint density at radius 1 is 1.43 bits per heavy atom. The first-order chi connectivity index (χ1) is 13.9. The van der Waals surface area contributed by atoms with Gasteiger partial charge in [0.1, 0.15) is 18.3 Å². The molecule has 0 bridgehead atoms. The van der Waals surface area contributed by atoms with Gasteiger partial charge < -0.3 is 30.7 Å². The van der Waals surface area contributed by atoms with Crippen molar-refractivity contribution in [3.8, 4) is 0 Å². The van der Waals surface area contributed by atoms with Gasteiger partial charge in [0.2, 0.25) is 0 Å². The van der Waals surface area contributed by atoms with Crippen LogP contribution in [0, 0.1) is 0 Å². The molecule has 2 unspecified atom stereocenters. The Hall–Kier alpha value is -1.66. The lowest BCUT2D eigenvalue weighted by Crippen LogP contribution is -2.46. The molecule has 1 aliphatic rings. The molecule has 0 aromatic carbocycles. The van der Waals surface area contributed by atoms with Crippen LogP contribution in [0.3, 0.4) is 0 Å². The first-order valence-electron chi connectivity index (χ1n) is 9.51. The summed E-state index contributed by atoms with van der Waals surface area (Å²) in [5.41, 5.74) is 5.22. The van der Waals surface area contributed by atoms with Crippen molar-refractivity contribution in [3.63, 3.8) is 0 Å². The summed E-state index contributed by atoms with van der Waals surface area (Å²) in [6.07, 6.45) is -0.756. The van der Waals surface area contributed by atoms with Gasteiger partial charge in [-0.1, -0.05) is 6.92 Å². The van der Waals surface area contributed by atoms with Gasteiger partial charge in [-0.3, -0.25) is 13.7 Å². The van der Waals surface area contributed by atoms with Gasteiger partial charge in [-0.05, 0) is 27.2 Å². The summed E-state index contributed by atoms with van der Waals surface area (Å²) in [6.45, 7) is 5.17. The third kappa shape index (κ3) is 3.73. The van der Waals surface area contributed by atoms with Crippen LogP contribution in [0.25, 0.3) is 11.2 Å². The summed E-state index contributed by atoms with van der Waals surface area (Å²) >= 11 is 0. The molecule has 12 nitrogen and oxygen atoms in total. The Balaban J connectivity index is 2.17. The number of anilines is 1. The van der Waals surface area contributed by atoms with Crippen LogP contribution in [0.4, 0.5) is 5.82 Å². The Labute approximate surface area is 173 Å². The topological polar surface area (TPSA) is 186 Å². The van der Waals surface area contributed by atoms with E-state index in [1.54, 1.807) is 13.8 Å². The van der Waals surface area contributed by atoms with Gasteiger partial charge in [0.05, 0.1) is 24.7 Å². The molecule has 3 heterocycles. The lowest BCUT2D eigenvalue weighted by Gasteiger charge is -2.43. The zero-order chi connectivity index (χ0) is 22.5. The first kappa shape index (κ1) is 23.0. The standard InChI is InChI=1S/C17H28N5O7P/c1-5-17(4,29-30(26,27)16(2,3)25)9-7-28-15(10(24)6-23)22-13(9)21-11-12(18)19-8-20-14(11)22/h8-10,15,23-25H,5-7H2,1-4H3,(H,26,27)(H2,18,19,20)/t9-,10-,15-,17?/m1/s1. The number of aromatic nitrogens is 4. The Kier molecular flexibility index (Phi) is 5.98. The van der Waals surface area contributed by atoms with E-state index in [1.165, 1.54) is 24.7 Å². The van der Waals surface area contributed by atoms with E-state index in [2.05, 4.69) is 15.0 Å². The molecule has 0 fully saturated rings. The molecule has 0 spiro atoms. The monoisotopic (exact) mass is 445 g/mol. The van der Waals surface area contributed by atoms with Gasteiger partial charge in [-0.15, -0.1) is 0 Å². The highest BCUT2D eigenvalue weighted by Crippen LogP contribution is 2.59. The third-order valence-corrected chi connectivity index (χ3v) is 7.56. The minimum Gasteiger partial charge on any atom is -0.394 e. The van der Waals surface area contributed by atoms with Gasteiger partial charge >= 0.3 is 7.60 Å². The van der Waals surface area contributed by atoms with Crippen molar-refractivity contribution in [2.45, 2.75) is 63.3 Å². The molecule has 168 valence electrons. The maximum Gasteiger partial charge on any atom is 0.359 e. The second-order valence-electron chi connectivity index (χ2n) is 8.07. The zero-order valence-corrected chi connectivity index (χ0v) is 18.2. The fourth-order valence-corrected chi connectivity index (χ4v) is 4.42. The summed E-state index contributed by atoms with van der Waals surface area (Å²) < 4.78 is 25.7. The number of fused-ring (bicyclic) bond motifs is 3. The van der Waals surface area contributed by atoms with Crippen LogP contribution in [0.1, 0.15) is 52.1 Å².